The normalized spacial score (nSPS) is 0. The van der Waals surface area contributed by atoms with Crippen molar-refractivity contribution in [3.05, 3.63) is 0 Å². The second-order valence-electron chi connectivity index (χ2n) is 0. The molecule has 0 aliphatic carbocycles. The first-order chi connectivity index (χ1) is 0. The van der Waals surface area contributed by atoms with Crippen LogP contribution in [0.2, 0.25) is 0 Å². The number of hydrogen-bond donors (Lipinski definition) is 0. The predicted octanol–water partition coefficient (Wildman–Crippen LogP) is -0.999. The summed E-state index contributed by atoms with van der Waals surface area (Å²) in [5.74, 6) is 0. The van der Waals surface area contributed by atoms with E-state index in [1.165, 1.54) is 0 Å². The minimum Gasteiger partial charge on any atom is -2.00 e. The van der Waals surface area contributed by atoms with Gasteiger partial charge < -0.3 is 11.0 Å². The van der Waals surface area contributed by atoms with Gasteiger partial charge >= 0.3 is 17.6 Å². The van der Waals surface area contributed by atoms with Crippen LogP contribution in [0.15, 0.2) is 0 Å². The maximum Gasteiger partial charge on any atom is 4.00 e. The van der Waals surface area contributed by atoms with E-state index < -0.39 is 0 Å². The quantitative estimate of drug-likeness (QED) is 0.469. The average molecular weight is 219 g/mol. The molecule has 0 atom stereocenters. The Morgan fingerprint density at radius 2 is 0.750 bits per heavy atom. The summed E-state index contributed by atoms with van der Waals surface area (Å²) in [6.45, 7) is 0. The molecule has 0 spiro atoms. The molecule has 0 aromatic heterocycles. The summed E-state index contributed by atoms with van der Waals surface area (Å²) in [5, 5.41) is 0. The maximum absolute atomic E-state index is 0. The van der Waals surface area contributed by atoms with Crippen molar-refractivity contribution in [1.29, 1.82) is 0 Å². The Hall–Kier alpha value is 1.33. The summed E-state index contributed by atoms with van der Waals surface area (Å²) in [7, 11) is 0. The van der Waals surface area contributed by atoms with Gasteiger partial charge in [0, 0.05) is 25.8 Å². The van der Waals surface area contributed by atoms with Crippen LogP contribution in [0.5, 0.6) is 0 Å². The first kappa shape index (κ1) is 56.3. The van der Waals surface area contributed by atoms with Crippen LogP contribution in [-0.4, -0.2) is 43.4 Å². The van der Waals surface area contributed by atoms with Crippen molar-refractivity contribution < 1.29 is 11.0 Å². The van der Waals surface area contributed by atoms with Gasteiger partial charge in [0.1, 0.15) is 0 Å². The van der Waals surface area contributed by atoms with E-state index in [4.69, 9.17) is 0 Å². The molecule has 0 saturated heterocycles. The van der Waals surface area contributed by atoms with E-state index in [2.05, 4.69) is 0 Å². The van der Waals surface area contributed by atoms with Crippen LogP contribution in [0.1, 0.15) is 0 Å². The molecule has 0 aliphatic heterocycles. The molecule has 0 saturated carbocycles. The Morgan fingerprint density at radius 3 is 0.750 bits per heavy atom. The van der Waals surface area contributed by atoms with Crippen molar-refractivity contribution in [3.63, 3.8) is 0 Å². The Bertz CT molecular complexity index is 6.00. The minimum absolute atomic E-state index is 0. The predicted molar refractivity (Wildman–Crippen MR) is 12.9 cm³/mol. The zero-order valence-electron chi connectivity index (χ0n) is 1.89. The third kappa shape index (κ3) is 10.2. The molecule has 4 heteroatoms. The van der Waals surface area contributed by atoms with Gasteiger partial charge in [-0.3, -0.25) is 0 Å². The van der Waals surface area contributed by atoms with E-state index in [0.717, 1.165) is 0 Å². The van der Waals surface area contributed by atoms with Gasteiger partial charge in [0.05, 0.1) is 0 Å². The van der Waals surface area contributed by atoms with Gasteiger partial charge in [-0.1, -0.05) is 0 Å². The molecular weight excluding hydrogens is 219 g/mol. The molecule has 0 aromatic carbocycles. The van der Waals surface area contributed by atoms with Gasteiger partial charge in [0.2, 0.25) is 0 Å². The van der Waals surface area contributed by atoms with Crippen LogP contribution in [0.25, 0.3) is 0 Å². The average Bonchev–Trinajstić information content (AvgIpc) is 0. The summed E-state index contributed by atoms with van der Waals surface area (Å²) in [4.78, 5) is 0. The van der Waals surface area contributed by atoms with Gasteiger partial charge in [-0.25, -0.2) is 0 Å². The van der Waals surface area contributed by atoms with Crippen molar-refractivity contribution >= 4 is 43.4 Å². The van der Waals surface area contributed by atoms with Crippen LogP contribution in [0, 0.1) is 0 Å². The van der Waals surface area contributed by atoms with E-state index in [9.17, 15) is 0 Å². The largest absolute Gasteiger partial charge is 4.00 e. The molecule has 4 heavy (non-hydrogen) atoms. The molecule has 0 unspecified atom stereocenters. The molecule has 0 rings (SSSR count). The summed E-state index contributed by atoms with van der Waals surface area (Å²) < 4.78 is 0. The van der Waals surface area contributed by atoms with Gasteiger partial charge in [0.25, 0.3) is 0 Å². The molecule has 0 bridgehead atoms. The minimum atomic E-state index is 0. The zero-order chi connectivity index (χ0) is 0. The summed E-state index contributed by atoms with van der Waals surface area (Å²) in [6, 6.07) is 0. The van der Waals surface area contributed by atoms with E-state index in [0.29, 0.717) is 0 Å². The summed E-state index contributed by atoms with van der Waals surface area (Å²) in [6.07, 6.45) is 0. The molecular formula is GeInO2. The fraction of sp³-hybridized carbons (Fsp3) is 0. The first-order valence-electron chi connectivity index (χ1n) is 0. The smallest absolute Gasteiger partial charge is 2.00 e. The van der Waals surface area contributed by atoms with Crippen molar-refractivity contribution in [2.75, 3.05) is 0 Å². The van der Waals surface area contributed by atoms with E-state index in [-0.39, 0.29) is 54.4 Å². The standard InChI is InChI=1S/Ge.In.2O/q+4;;2*-2. The van der Waals surface area contributed by atoms with Gasteiger partial charge in [-0.05, 0) is 0 Å². The van der Waals surface area contributed by atoms with E-state index >= 15 is 0 Å². The van der Waals surface area contributed by atoms with Gasteiger partial charge in [-0.15, -0.1) is 0 Å². The second kappa shape index (κ2) is 27.1. The molecule has 2 nitrogen and oxygen atoms in total. The Morgan fingerprint density at radius 1 is 0.750 bits per heavy atom. The maximum atomic E-state index is 0. The van der Waals surface area contributed by atoms with Crippen molar-refractivity contribution in [2.24, 2.45) is 0 Å². The molecule has 0 amide bonds. The van der Waals surface area contributed by atoms with Gasteiger partial charge in [0.15, 0.2) is 0 Å². The monoisotopic (exact) mass is 221 g/mol. The van der Waals surface area contributed by atoms with Crippen LogP contribution in [-0.2, 0) is 11.0 Å². The Kier molecular flexibility index (Phi) is 382. The van der Waals surface area contributed by atoms with Crippen LogP contribution >= 0.6 is 0 Å². The van der Waals surface area contributed by atoms with Crippen molar-refractivity contribution in [2.45, 2.75) is 0 Å². The molecule has 3 radical (unpaired) electrons. The van der Waals surface area contributed by atoms with Crippen LogP contribution in [0.3, 0.4) is 0 Å². The Labute approximate surface area is 54.3 Å². The molecule has 0 heterocycles. The summed E-state index contributed by atoms with van der Waals surface area (Å²) >= 11 is 0. The second-order valence-corrected chi connectivity index (χ2v) is 0. The number of rotatable bonds is 0. The third-order valence-corrected chi connectivity index (χ3v) is 0. The first-order valence-corrected chi connectivity index (χ1v) is 0. The summed E-state index contributed by atoms with van der Waals surface area (Å²) in [5.41, 5.74) is 0. The fourth-order valence-corrected chi connectivity index (χ4v) is 0. The molecule has 0 aromatic rings. The molecule has 19 valence electrons. The molecule has 0 fully saturated rings. The van der Waals surface area contributed by atoms with E-state index in [1.807, 2.05) is 0 Å². The molecule has 0 N–H and O–H groups in total. The molecule has 0 aliphatic rings. The number of hydrogen-bond acceptors (Lipinski definition) is 0. The van der Waals surface area contributed by atoms with E-state index in [1.54, 1.807) is 0 Å². The fourth-order valence-electron chi connectivity index (χ4n) is 0. The van der Waals surface area contributed by atoms with Gasteiger partial charge in [-0.2, -0.15) is 0 Å². The topological polar surface area (TPSA) is 57.0 Å². The third-order valence-electron chi connectivity index (χ3n) is 0. The van der Waals surface area contributed by atoms with Crippen molar-refractivity contribution in [1.82, 2.24) is 0 Å². The SMILES string of the molecule is [Ge+4].[In].[O-2].[O-2]. The van der Waals surface area contributed by atoms with Crippen molar-refractivity contribution in [3.8, 4) is 0 Å². The zero-order valence-corrected chi connectivity index (χ0v) is 7.29. The van der Waals surface area contributed by atoms with Crippen LogP contribution < -0.4 is 0 Å². The Balaban J connectivity index is 0. The van der Waals surface area contributed by atoms with Crippen LogP contribution in [0.4, 0.5) is 0 Å².